The molecule has 0 spiro atoms. The van der Waals surface area contributed by atoms with E-state index in [2.05, 4.69) is 10.3 Å². The third-order valence-corrected chi connectivity index (χ3v) is 2.95. The normalized spacial score (nSPS) is 14.1. The summed E-state index contributed by atoms with van der Waals surface area (Å²) in [5.74, 6) is 0.424. The van der Waals surface area contributed by atoms with Gasteiger partial charge in [0.05, 0.1) is 13.7 Å². The molecule has 1 aliphatic rings. The second-order valence-corrected chi connectivity index (χ2v) is 4.34. The summed E-state index contributed by atoms with van der Waals surface area (Å²) in [6.45, 7) is 1.73. The molecule has 7 heteroatoms. The van der Waals surface area contributed by atoms with Crippen molar-refractivity contribution in [3.63, 3.8) is 0 Å². The van der Waals surface area contributed by atoms with Crippen molar-refractivity contribution < 1.29 is 19.1 Å². The number of amides is 2. The summed E-state index contributed by atoms with van der Waals surface area (Å²) < 4.78 is 9.74. The molecule has 1 aromatic rings. The van der Waals surface area contributed by atoms with Gasteiger partial charge in [0.25, 0.3) is 0 Å². The van der Waals surface area contributed by atoms with Crippen LogP contribution in [0.25, 0.3) is 0 Å². The average Bonchev–Trinajstić information content (AvgIpc) is 2.89. The van der Waals surface area contributed by atoms with Gasteiger partial charge < -0.3 is 19.7 Å². The van der Waals surface area contributed by atoms with Crippen LogP contribution in [-0.4, -0.2) is 48.7 Å². The van der Waals surface area contributed by atoms with Crippen LogP contribution in [0.15, 0.2) is 18.3 Å². The molecule has 0 aliphatic carbocycles. The van der Waals surface area contributed by atoms with Crippen molar-refractivity contribution in [1.82, 2.24) is 15.2 Å². The van der Waals surface area contributed by atoms with Crippen LogP contribution in [0.2, 0.25) is 0 Å². The molecule has 0 atom stereocenters. The van der Waals surface area contributed by atoms with E-state index in [9.17, 15) is 9.59 Å². The largest absolute Gasteiger partial charge is 0.481 e. The van der Waals surface area contributed by atoms with Gasteiger partial charge in [0, 0.05) is 31.8 Å². The van der Waals surface area contributed by atoms with Crippen molar-refractivity contribution in [2.24, 2.45) is 0 Å². The number of carbonyl (C=O) groups excluding carboxylic acids is 2. The monoisotopic (exact) mass is 279 g/mol. The van der Waals surface area contributed by atoms with Crippen molar-refractivity contribution in [3.8, 4) is 5.88 Å². The van der Waals surface area contributed by atoms with Crippen LogP contribution in [0.5, 0.6) is 5.88 Å². The van der Waals surface area contributed by atoms with Crippen molar-refractivity contribution in [2.75, 3.05) is 26.8 Å². The molecule has 1 saturated heterocycles. The Morgan fingerprint density at radius 3 is 3.00 bits per heavy atom. The van der Waals surface area contributed by atoms with E-state index in [4.69, 9.17) is 9.47 Å². The summed E-state index contributed by atoms with van der Waals surface area (Å²) in [6, 6.07) is 3.58. The lowest BCUT2D eigenvalue weighted by molar-refractivity contribution is -0.121. The molecule has 1 fully saturated rings. The number of nitrogens with one attached hydrogen (secondary N) is 1. The first-order valence-electron chi connectivity index (χ1n) is 6.36. The molecule has 0 radical (unpaired) electrons. The molecule has 0 aromatic carbocycles. The number of nitrogens with zero attached hydrogens (tertiary/aromatic N) is 2. The lowest BCUT2D eigenvalue weighted by Crippen LogP contribution is -2.31. The van der Waals surface area contributed by atoms with E-state index in [1.54, 1.807) is 19.4 Å². The second-order valence-electron chi connectivity index (χ2n) is 4.34. The molecule has 108 valence electrons. The van der Waals surface area contributed by atoms with Crippen LogP contribution in [-0.2, 0) is 16.1 Å². The SMILES string of the molecule is COc1ccc(CNC(=O)CCN2CCOC2=O)cn1. The lowest BCUT2D eigenvalue weighted by atomic mass is 10.2. The minimum absolute atomic E-state index is 0.111. The predicted molar refractivity (Wildman–Crippen MR) is 70.2 cm³/mol. The van der Waals surface area contributed by atoms with Gasteiger partial charge in [0.1, 0.15) is 6.61 Å². The number of cyclic esters (lactones) is 1. The topological polar surface area (TPSA) is 80.8 Å². The van der Waals surface area contributed by atoms with E-state index >= 15 is 0 Å². The van der Waals surface area contributed by atoms with Gasteiger partial charge in [0.15, 0.2) is 0 Å². The maximum Gasteiger partial charge on any atom is 0.409 e. The van der Waals surface area contributed by atoms with Gasteiger partial charge in [-0.25, -0.2) is 9.78 Å². The molecule has 0 unspecified atom stereocenters. The highest BCUT2D eigenvalue weighted by Gasteiger charge is 2.21. The Hall–Kier alpha value is -2.31. The Bertz CT molecular complexity index is 475. The van der Waals surface area contributed by atoms with Crippen molar-refractivity contribution in [3.05, 3.63) is 23.9 Å². The minimum Gasteiger partial charge on any atom is -0.481 e. The van der Waals surface area contributed by atoms with Gasteiger partial charge in [-0.05, 0) is 5.56 Å². The Morgan fingerprint density at radius 2 is 2.40 bits per heavy atom. The van der Waals surface area contributed by atoms with E-state index in [0.29, 0.717) is 32.1 Å². The summed E-state index contributed by atoms with van der Waals surface area (Å²) >= 11 is 0. The first kappa shape index (κ1) is 14.1. The number of methoxy groups -OCH3 is 1. The van der Waals surface area contributed by atoms with Crippen molar-refractivity contribution in [2.45, 2.75) is 13.0 Å². The van der Waals surface area contributed by atoms with Gasteiger partial charge in [-0.15, -0.1) is 0 Å². The maximum absolute atomic E-state index is 11.7. The molecule has 2 amide bonds. The Kier molecular flexibility index (Phi) is 4.75. The molecular weight excluding hydrogens is 262 g/mol. The number of pyridine rings is 1. The van der Waals surface area contributed by atoms with E-state index in [1.165, 1.54) is 4.90 Å². The van der Waals surface area contributed by atoms with E-state index in [-0.39, 0.29) is 18.4 Å². The molecule has 1 N–H and O–H groups in total. The van der Waals surface area contributed by atoms with Crippen LogP contribution >= 0.6 is 0 Å². The molecular formula is C13H17N3O4. The maximum atomic E-state index is 11.7. The lowest BCUT2D eigenvalue weighted by Gasteiger charge is -2.12. The number of aromatic nitrogens is 1. The van der Waals surface area contributed by atoms with Gasteiger partial charge in [0.2, 0.25) is 11.8 Å². The summed E-state index contributed by atoms with van der Waals surface area (Å²) in [4.78, 5) is 28.4. The summed E-state index contributed by atoms with van der Waals surface area (Å²) in [5.41, 5.74) is 0.889. The molecule has 0 saturated carbocycles. The number of hydrogen-bond acceptors (Lipinski definition) is 5. The fourth-order valence-corrected chi connectivity index (χ4v) is 1.79. The molecule has 20 heavy (non-hydrogen) atoms. The Balaban J connectivity index is 1.70. The Labute approximate surface area is 116 Å². The zero-order valence-corrected chi connectivity index (χ0v) is 11.3. The van der Waals surface area contributed by atoms with Gasteiger partial charge >= 0.3 is 6.09 Å². The summed E-state index contributed by atoms with van der Waals surface area (Å²) in [5, 5.41) is 2.78. The van der Waals surface area contributed by atoms with Crippen molar-refractivity contribution >= 4 is 12.0 Å². The standard InChI is InChI=1S/C13H17N3O4/c1-19-12-3-2-10(9-15-12)8-14-11(17)4-5-16-6-7-20-13(16)18/h2-3,9H,4-8H2,1H3,(H,14,17). The molecule has 2 rings (SSSR count). The molecule has 1 aliphatic heterocycles. The van der Waals surface area contributed by atoms with E-state index in [1.807, 2.05) is 6.07 Å². The number of hydrogen-bond donors (Lipinski definition) is 1. The third kappa shape index (κ3) is 3.84. The number of ether oxygens (including phenoxy) is 2. The fraction of sp³-hybridized carbons (Fsp3) is 0.462. The molecule has 2 heterocycles. The van der Waals surface area contributed by atoms with Crippen LogP contribution in [0.4, 0.5) is 4.79 Å². The highest BCUT2D eigenvalue weighted by Crippen LogP contribution is 2.07. The van der Waals surface area contributed by atoms with Crippen LogP contribution in [0, 0.1) is 0 Å². The quantitative estimate of drug-likeness (QED) is 0.822. The van der Waals surface area contributed by atoms with Crippen LogP contribution < -0.4 is 10.1 Å². The summed E-state index contributed by atoms with van der Waals surface area (Å²) in [6.07, 6.45) is 1.56. The first-order valence-corrected chi connectivity index (χ1v) is 6.36. The summed E-state index contributed by atoms with van der Waals surface area (Å²) in [7, 11) is 1.55. The third-order valence-electron chi connectivity index (χ3n) is 2.95. The molecule has 7 nitrogen and oxygen atoms in total. The minimum atomic E-state index is -0.350. The second kappa shape index (κ2) is 6.74. The van der Waals surface area contributed by atoms with Crippen molar-refractivity contribution in [1.29, 1.82) is 0 Å². The first-order chi connectivity index (χ1) is 9.69. The van der Waals surface area contributed by atoms with Crippen LogP contribution in [0.1, 0.15) is 12.0 Å². The average molecular weight is 279 g/mol. The van der Waals surface area contributed by atoms with Gasteiger partial charge in [-0.1, -0.05) is 6.07 Å². The highest BCUT2D eigenvalue weighted by atomic mass is 16.6. The smallest absolute Gasteiger partial charge is 0.409 e. The zero-order valence-electron chi connectivity index (χ0n) is 11.3. The molecule has 0 bridgehead atoms. The van der Waals surface area contributed by atoms with Crippen LogP contribution in [0.3, 0.4) is 0 Å². The highest BCUT2D eigenvalue weighted by molar-refractivity contribution is 5.77. The zero-order chi connectivity index (χ0) is 14.4. The van der Waals surface area contributed by atoms with E-state index < -0.39 is 0 Å². The number of rotatable bonds is 6. The number of carbonyl (C=O) groups is 2. The predicted octanol–water partition coefficient (Wildman–Crippen LogP) is 0.549. The van der Waals surface area contributed by atoms with Gasteiger partial charge in [-0.3, -0.25) is 4.79 Å². The molecule has 1 aromatic heterocycles. The Morgan fingerprint density at radius 1 is 1.55 bits per heavy atom. The van der Waals surface area contributed by atoms with Gasteiger partial charge in [-0.2, -0.15) is 0 Å². The van der Waals surface area contributed by atoms with E-state index in [0.717, 1.165) is 5.56 Å². The fourth-order valence-electron chi connectivity index (χ4n) is 1.79.